The number of nitrogens with zero attached hydrogens (tertiary/aromatic N) is 2. The maximum atomic E-state index is 3.65. The van der Waals surface area contributed by atoms with E-state index >= 15 is 0 Å². The maximum absolute atomic E-state index is 3.65. The van der Waals surface area contributed by atoms with Gasteiger partial charge in [0.1, 0.15) is 0 Å². The summed E-state index contributed by atoms with van der Waals surface area (Å²) in [4.78, 5) is 5.01. The Morgan fingerprint density at radius 3 is 2.21 bits per heavy atom. The molecule has 0 aliphatic carbocycles. The molecule has 1 N–H and O–H groups in total. The van der Waals surface area contributed by atoms with Crippen molar-refractivity contribution in [3.05, 3.63) is 71.8 Å². The first-order valence-corrected chi connectivity index (χ1v) is 8.86. The smallest absolute Gasteiger partial charge is 0.0504 e. The van der Waals surface area contributed by atoms with Gasteiger partial charge in [0.15, 0.2) is 0 Å². The average Bonchev–Trinajstić information content (AvgIpc) is 2.58. The quantitative estimate of drug-likeness (QED) is 0.882. The van der Waals surface area contributed by atoms with Gasteiger partial charge in [-0.15, -0.1) is 0 Å². The number of hydrogen-bond donors (Lipinski definition) is 1. The highest BCUT2D eigenvalue weighted by molar-refractivity contribution is 5.21. The molecular weight excluding hydrogens is 294 g/mol. The van der Waals surface area contributed by atoms with Crippen LogP contribution in [0.15, 0.2) is 60.7 Å². The number of likely N-dealkylation sites (N-methyl/N-ethyl adjacent to an activating group) is 1. The average molecular weight is 323 g/mol. The van der Waals surface area contributed by atoms with Crippen LogP contribution in [0.2, 0.25) is 0 Å². The molecule has 3 nitrogen and oxygen atoms in total. The largest absolute Gasteiger partial charge is 0.314 e. The van der Waals surface area contributed by atoms with Crippen molar-refractivity contribution in [3.63, 3.8) is 0 Å². The fourth-order valence-corrected chi connectivity index (χ4v) is 3.89. The summed E-state index contributed by atoms with van der Waals surface area (Å²) in [7, 11) is 4.37. The van der Waals surface area contributed by atoms with Crippen LogP contribution < -0.4 is 5.32 Å². The van der Waals surface area contributed by atoms with Gasteiger partial charge in [0.25, 0.3) is 0 Å². The SMILES string of the molecule is CN(C)CC1(Cc2ccccc2)CNCCN1Cc1ccccc1. The lowest BCUT2D eigenvalue weighted by atomic mass is 9.86. The van der Waals surface area contributed by atoms with Crippen molar-refractivity contribution < 1.29 is 0 Å². The molecule has 1 fully saturated rings. The van der Waals surface area contributed by atoms with Crippen LogP contribution in [0, 0.1) is 0 Å². The second-order valence-corrected chi connectivity index (χ2v) is 7.21. The van der Waals surface area contributed by atoms with Gasteiger partial charge in [-0.05, 0) is 31.6 Å². The van der Waals surface area contributed by atoms with E-state index in [1.807, 2.05) is 0 Å². The molecule has 0 spiro atoms. The van der Waals surface area contributed by atoms with Gasteiger partial charge in [-0.3, -0.25) is 4.90 Å². The van der Waals surface area contributed by atoms with Gasteiger partial charge in [-0.25, -0.2) is 0 Å². The van der Waals surface area contributed by atoms with Gasteiger partial charge in [0, 0.05) is 32.7 Å². The highest BCUT2D eigenvalue weighted by Crippen LogP contribution is 2.26. The molecule has 0 saturated carbocycles. The fourth-order valence-electron chi connectivity index (χ4n) is 3.89. The molecule has 2 aromatic carbocycles. The summed E-state index contributed by atoms with van der Waals surface area (Å²) in [6.45, 7) is 5.27. The Morgan fingerprint density at radius 2 is 1.58 bits per heavy atom. The molecule has 1 aliphatic heterocycles. The molecule has 1 unspecified atom stereocenters. The van der Waals surface area contributed by atoms with Crippen molar-refractivity contribution >= 4 is 0 Å². The third kappa shape index (κ3) is 4.23. The third-order valence-corrected chi connectivity index (χ3v) is 4.89. The van der Waals surface area contributed by atoms with Crippen molar-refractivity contribution in [1.29, 1.82) is 0 Å². The lowest BCUT2D eigenvalue weighted by Gasteiger charge is -2.49. The molecule has 1 atom stereocenters. The van der Waals surface area contributed by atoms with E-state index in [1.54, 1.807) is 0 Å². The Kier molecular flexibility index (Phi) is 5.67. The molecule has 128 valence electrons. The van der Waals surface area contributed by atoms with Crippen molar-refractivity contribution in [1.82, 2.24) is 15.1 Å². The number of nitrogens with one attached hydrogen (secondary N) is 1. The van der Waals surface area contributed by atoms with Gasteiger partial charge in [-0.2, -0.15) is 0 Å². The first kappa shape index (κ1) is 17.2. The topological polar surface area (TPSA) is 18.5 Å². The highest BCUT2D eigenvalue weighted by atomic mass is 15.3. The van der Waals surface area contributed by atoms with E-state index in [4.69, 9.17) is 0 Å². The molecule has 0 radical (unpaired) electrons. The van der Waals surface area contributed by atoms with Gasteiger partial charge >= 0.3 is 0 Å². The van der Waals surface area contributed by atoms with Gasteiger partial charge in [-0.1, -0.05) is 60.7 Å². The zero-order valence-electron chi connectivity index (χ0n) is 14.9. The van der Waals surface area contributed by atoms with Gasteiger partial charge in [0.05, 0.1) is 5.54 Å². The first-order chi connectivity index (χ1) is 11.7. The lowest BCUT2D eigenvalue weighted by Crippen LogP contribution is -2.65. The van der Waals surface area contributed by atoms with Crippen molar-refractivity contribution in [2.24, 2.45) is 0 Å². The molecule has 0 aromatic heterocycles. The van der Waals surface area contributed by atoms with Crippen LogP contribution in [0.5, 0.6) is 0 Å². The van der Waals surface area contributed by atoms with E-state index in [2.05, 4.69) is 89.9 Å². The van der Waals surface area contributed by atoms with E-state index in [0.29, 0.717) is 0 Å². The summed E-state index contributed by atoms with van der Waals surface area (Å²) < 4.78 is 0. The lowest BCUT2D eigenvalue weighted by molar-refractivity contribution is 0.0303. The number of piperazine rings is 1. The summed E-state index contributed by atoms with van der Waals surface area (Å²) in [6.07, 6.45) is 1.08. The second-order valence-electron chi connectivity index (χ2n) is 7.21. The first-order valence-electron chi connectivity index (χ1n) is 8.86. The molecule has 24 heavy (non-hydrogen) atoms. The van der Waals surface area contributed by atoms with Gasteiger partial charge < -0.3 is 10.2 Å². The van der Waals surface area contributed by atoms with E-state index in [9.17, 15) is 0 Å². The highest BCUT2D eigenvalue weighted by Gasteiger charge is 2.39. The summed E-state index contributed by atoms with van der Waals surface area (Å²) in [6, 6.07) is 21.8. The van der Waals surface area contributed by atoms with Gasteiger partial charge in [0.2, 0.25) is 0 Å². The molecule has 1 heterocycles. The van der Waals surface area contributed by atoms with Crippen molar-refractivity contribution in [2.45, 2.75) is 18.5 Å². The van der Waals surface area contributed by atoms with E-state index in [-0.39, 0.29) is 5.54 Å². The Bertz CT molecular complexity index is 611. The zero-order valence-corrected chi connectivity index (χ0v) is 14.9. The van der Waals surface area contributed by atoms with Crippen LogP contribution in [0.25, 0.3) is 0 Å². The van der Waals surface area contributed by atoms with E-state index < -0.39 is 0 Å². The van der Waals surface area contributed by atoms with Crippen LogP contribution in [0.4, 0.5) is 0 Å². The van der Waals surface area contributed by atoms with Crippen LogP contribution in [0.3, 0.4) is 0 Å². The predicted octanol–water partition coefficient (Wildman–Crippen LogP) is 2.63. The van der Waals surface area contributed by atoms with Crippen LogP contribution in [-0.2, 0) is 13.0 Å². The molecule has 1 saturated heterocycles. The summed E-state index contributed by atoms with van der Waals surface area (Å²) in [5.41, 5.74) is 2.94. The molecule has 0 bridgehead atoms. The number of hydrogen-bond acceptors (Lipinski definition) is 3. The van der Waals surface area contributed by atoms with Crippen LogP contribution >= 0.6 is 0 Å². The monoisotopic (exact) mass is 323 g/mol. The minimum atomic E-state index is 0.124. The molecule has 3 rings (SSSR count). The standard InChI is InChI=1S/C21H29N3/c1-23(2)18-21(15-19-9-5-3-6-10-19)17-22-13-14-24(21)16-20-11-7-4-8-12-20/h3-12,22H,13-18H2,1-2H3. The molecule has 2 aromatic rings. The number of rotatable bonds is 6. The normalized spacial score (nSPS) is 22.0. The van der Waals surface area contributed by atoms with Crippen molar-refractivity contribution in [3.8, 4) is 0 Å². The fraction of sp³-hybridized carbons (Fsp3) is 0.429. The minimum absolute atomic E-state index is 0.124. The Morgan fingerprint density at radius 1 is 0.958 bits per heavy atom. The molecule has 3 heteroatoms. The molecular formula is C21H29N3. The number of benzene rings is 2. The Hall–Kier alpha value is -1.68. The van der Waals surface area contributed by atoms with Crippen LogP contribution in [0.1, 0.15) is 11.1 Å². The summed E-state index contributed by atoms with van der Waals surface area (Å²) in [5.74, 6) is 0. The minimum Gasteiger partial charge on any atom is -0.314 e. The Labute approximate surface area is 146 Å². The zero-order chi connectivity index (χ0) is 16.8. The summed E-state index contributed by atoms with van der Waals surface area (Å²) in [5, 5.41) is 3.65. The van der Waals surface area contributed by atoms with Crippen LogP contribution in [-0.4, -0.2) is 55.6 Å². The molecule has 0 amide bonds. The summed E-state index contributed by atoms with van der Waals surface area (Å²) >= 11 is 0. The Balaban J connectivity index is 1.87. The third-order valence-electron chi connectivity index (χ3n) is 4.89. The van der Waals surface area contributed by atoms with E-state index in [1.165, 1.54) is 11.1 Å². The van der Waals surface area contributed by atoms with Crippen molar-refractivity contribution in [2.75, 3.05) is 40.3 Å². The van der Waals surface area contributed by atoms with E-state index in [0.717, 1.165) is 39.1 Å². The predicted molar refractivity (Wildman–Crippen MR) is 101 cm³/mol. The maximum Gasteiger partial charge on any atom is 0.0504 e. The molecule has 1 aliphatic rings. The second kappa shape index (κ2) is 7.93.